The van der Waals surface area contributed by atoms with Gasteiger partial charge < -0.3 is 18.8 Å². The molecule has 0 aromatic carbocycles. The molecule has 0 aromatic heterocycles. The van der Waals surface area contributed by atoms with Gasteiger partial charge in [0.2, 0.25) is 0 Å². The third-order valence-corrected chi connectivity index (χ3v) is 4.21. The van der Waals surface area contributed by atoms with Gasteiger partial charge in [0.25, 0.3) is 0 Å². The Morgan fingerprint density at radius 2 is 1.85 bits per heavy atom. The Kier molecular flexibility index (Phi) is 4.28. The Labute approximate surface area is 120 Å². The van der Waals surface area contributed by atoms with Crippen LogP contribution in [0.5, 0.6) is 0 Å². The van der Waals surface area contributed by atoms with Gasteiger partial charge in [-0.3, -0.25) is 0 Å². The fourth-order valence-corrected chi connectivity index (χ4v) is 2.25. The van der Waals surface area contributed by atoms with Crippen LogP contribution in [0.4, 0.5) is 0 Å². The molecule has 0 amide bonds. The minimum Gasteiger partial charge on any atom is -0.463 e. The van der Waals surface area contributed by atoms with Gasteiger partial charge in [-0.2, -0.15) is 0 Å². The van der Waals surface area contributed by atoms with Crippen LogP contribution in [0.1, 0.15) is 41.0 Å². The topological polar surface area (TPSA) is 54.0 Å². The summed E-state index contributed by atoms with van der Waals surface area (Å²) in [6, 6.07) is 0. The van der Waals surface area contributed by atoms with Gasteiger partial charge in [-0.1, -0.05) is 0 Å². The highest BCUT2D eigenvalue weighted by molar-refractivity contribution is 6.55. The molecule has 0 bridgehead atoms. The average molecular weight is 282 g/mol. The standard InChI is InChI=1S/C14H23BO5/c1-6-18-12(16)10-9-17-8-7-11(10)15-19-13(2,3)14(4,5)20-15/h6-9H2,1-5H3. The zero-order chi connectivity index (χ0) is 15.0. The molecule has 0 aromatic rings. The molecule has 1 saturated heterocycles. The largest absolute Gasteiger partial charge is 0.491 e. The number of carbonyl (C=O) groups is 1. The van der Waals surface area contributed by atoms with Crippen molar-refractivity contribution in [3.05, 3.63) is 11.0 Å². The normalized spacial score (nSPS) is 24.9. The Hall–Kier alpha value is -0.845. The quantitative estimate of drug-likeness (QED) is 0.584. The maximum absolute atomic E-state index is 12.0. The molecule has 0 radical (unpaired) electrons. The molecule has 2 heterocycles. The minimum atomic E-state index is -0.497. The van der Waals surface area contributed by atoms with Gasteiger partial charge in [0.15, 0.2) is 0 Å². The van der Waals surface area contributed by atoms with Gasteiger partial charge in [-0.05, 0) is 46.5 Å². The lowest BCUT2D eigenvalue weighted by Gasteiger charge is -2.32. The molecule has 0 unspecified atom stereocenters. The third-order valence-electron chi connectivity index (χ3n) is 4.21. The van der Waals surface area contributed by atoms with Gasteiger partial charge in [0, 0.05) is 0 Å². The number of carbonyl (C=O) groups excluding carboxylic acids is 1. The summed E-state index contributed by atoms with van der Waals surface area (Å²) in [7, 11) is -0.497. The van der Waals surface area contributed by atoms with Crippen molar-refractivity contribution in [3.8, 4) is 0 Å². The summed E-state index contributed by atoms with van der Waals surface area (Å²) in [4.78, 5) is 12.0. The second kappa shape index (κ2) is 5.50. The lowest BCUT2D eigenvalue weighted by molar-refractivity contribution is -0.139. The first-order chi connectivity index (χ1) is 9.28. The smallest absolute Gasteiger partial charge is 0.463 e. The molecule has 5 nitrogen and oxygen atoms in total. The third kappa shape index (κ3) is 2.78. The SMILES string of the molecule is CCOC(=O)C1=C(B2OC(C)(C)C(C)(C)O2)CCOC1. The van der Waals surface area contributed by atoms with E-state index in [2.05, 4.69) is 0 Å². The van der Waals surface area contributed by atoms with Crippen molar-refractivity contribution in [1.29, 1.82) is 0 Å². The van der Waals surface area contributed by atoms with Crippen molar-refractivity contribution in [2.75, 3.05) is 19.8 Å². The maximum atomic E-state index is 12.0. The molecule has 112 valence electrons. The van der Waals surface area contributed by atoms with Gasteiger partial charge in [-0.15, -0.1) is 0 Å². The molecule has 0 saturated carbocycles. The van der Waals surface area contributed by atoms with Crippen LogP contribution in [0, 0.1) is 0 Å². The van der Waals surface area contributed by atoms with E-state index in [1.54, 1.807) is 6.92 Å². The summed E-state index contributed by atoms with van der Waals surface area (Å²) >= 11 is 0. The van der Waals surface area contributed by atoms with Gasteiger partial charge in [0.05, 0.1) is 36.6 Å². The van der Waals surface area contributed by atoms with Crippen molar-refractivity contribution in [1.82, 2.24) is 0 Å². The molecule has 6 heteroatoms. The number of ether oxygens (including phenoxy) is 2. The minimum absolute atomic E-state index is 0.262. The zero-order valence-electron chi connectivity index (χ0n) is 12.9. The van der Waals surface area contributed by atoms with Crippen LogP contribution in [-0.2, 0) is 23.6 Å². The molecular weight excluding hydrogens is 259 g/mol. The maximum Gasteiger partial charge on any atom is 0.491 e. The van der Waals surface area contributed by atoms with E-state index in [-0.39, 0.29) is 12.6 Å². The van der Waals surface area contributed by atoms with E-state index < -0.39 is 18.3 Å². The Morgan fingerprint density at radius 1 is 1.25 bits per heavy atom. The van der Waals surface area contributed by atoms with Crippen LogP contribution in [0.25, 0.3) is 0 Å². The summed E-state index contributed by atoms with van der Waals surface area (Å²) in [5, 5.41) is 0. The van der Waals surface area contributed by atoms with E-state index in [0.717, 1.165) is 5.47 Å². The molecule has 2 aliphatic rings. The predicted molar refractivity (Wildman–Crippen MR) is 75.2 cm³/mol. The van der Waals surface area contributed by atoms with E-state index in [4.69, 9.17) is 18.8 Å². The van der Waals surface area contributed by atoms with E-state index >= 15 is 0 Å². The van der Waals surface area contributed by atoms with Crippen molar-refractivity contribution in [3.63, 3.8) is 0 Å². The van der Waals surface area contributed by atoms with Crippen LogP contribution in [-0.4, -0.2) is 44.1 Å². The molecule has 0 atom stereocenters. The first kappa shape index (κ1) is 15.5. The molecule has 0 N–H and O–H groups in total. The summed E-state index contributed by atoms with van der Waals surface area (Å²) in [6.45, 7) is 11.0. The summed E-state index contributed by atoms with van der Waals surface area (Å²) in [5.41, 5.74) is 0.566. The van der Waals surface area contributed by atoms with Gasteiger partial charge >= 0.3 is 13.1 Å². The van der Waals surface area contributed by atoms with Gasteiger partial charge in [0.1, 0.15) is 0 Å². The highest BCUT2D eigenvalue weighted by Gasteiger charge is 2.53. The number of hydrogen-bond acceptors (Lipinski definition) is 5. The van der Waals surface area contributed by atoms with Crippen LogP contribution in [0.15, 0.2) is 11.0 Å². The predicted octanol–water partition coefficient (Wildman–Crippen LogP) is 1.90. The molecular formula is C14H23BO5. The molecule has 1 fully saturated rings. The lowest BCUT2D eigenvalue weighted by atomic mass is 9.72. The van der Waals surface area contributed by atoms with E-state index in [1.807, 2.05) is 27.7 Å². The second-order valence-corrected chi connectivity index (χ2v) is 6.12. The first-order valence-electron chi connectivity index (χ1n) is 7.11. The fourth-order valence-electron chi connectivity index (χ4n) is 2.25. The summed E-state index contributed by atoms with van der Waals surface area (Å²) < 4.78 is 22.5. The molecule has 20 heavy (non-hydrogen) atoms. The zero-order valence-corrected chi connectivity index (χ0v) is 12.9. The highest BCUT2D eigenvalue weighted by atomic mass is 16.7. The first-order valence-corrected chi connectivity index (χ1v) is 7.11. The Morgan fingerprint density at radius 3 is 2.40 bits per heavy atom. The lowest BCUT2D eigenvalue weighted by Crippen LogP contribution is -2.41. The summed E-state index contributed by atoms with van der Waals surface area (Å²) in [6.07, 6.45) is 0.630. The molecule has 0 aliphatic carbocycles. The number of hydrogen-bond donors (Lipinski definition) is 0. The van der Waals surface area contributed by atoms with Crippen LogP contribution >= 0.6 is 0 Å². The average Bonchev–Trinajstić information content (AvgIpc) is 2.59. The fraction of sp³-hybridized carbons (Fsp3) is 0.786. The van der Waals surface area contributed by atoms with E-state index in [1.165, 1.54) is 0 Å². The second-order valence-electron chi connectivity index (χ2n) is 6.12. The van der Waals surface area contributed by atoms with Crippen LogP contribution in [0.3, 0.4) is 0 Å². The number of esters is 1. The van der Waals surface area contributed by atoms with Crippen LogP contribution in [0.2, 0.25) is 0 Å². The monoisotopic (exact) mass is 282 g/mol. The molecule has 2 rings (SSSR count). The summed E-state index contributed by atoms with van der Waals surface area (Å²) in [5.74, 6) is -0.336. The van der Waals surface area contributed by atoms with Gasteiger partial charge in [-0.25, -0.2) is 4.79 Å². The van der Waals surface area contributed by atoms with Crippen molar-refractivity contribution < 1.29 is 23.6 Å². The number of rotatable bonds is 3. The Balaban J connectivity index is 2.27. The van der Waals surface area contributed by atoms with Crippen LogP contribution < -0.4 is 0 Å². The highest BCUT2D eigenvalue weighted by Crippen LogP contribution is 2.40. The molecule has 0 spiro atoms. The van der Waals surface area contributed by atoms with Crippen molar-refractivity contribution in [2.45, 2.75) is 52.2 Å². The van der Waals surface area contributed by atoms with E-state index in [9.17, 15) is 4.79 Å². The van der Waals surface area contributed by atoms with E-state index in [0.29, 0.717) is 25.2 Å². The molecule has 2 aliphatic heterocycles. The van der Waals surface area contributed by atoms with Crippen molar-refractivity contribution in [2.24, 2.45) is 0 Å². The Bertz CT molecular complexity index is 411. The van der Waals surface area contributed by atoms with Crippen molar-refractivity contribution >= 4 is 13.1 Å².